The van der Waals surface area contributed by atoms with E-state index >= 15 is 0 Å². The summed E-state index contributed by atoms with van der Waals surface area (Å²) in [6.07, 6.45) is 0. The summed E-state index contributed by atoms with van der Waals surface area (Å²) in [6.45, 7) is 2.34. The number of benzene rings is 1. The molecule has 0 atom stereocenters. The summed E-state index contributed by atoms with van der Waals surface area (Å²) >= 11 is 5.98. The monoisotopic (exact) mass is 294 g/mol. The molecule has 6 nitrogen and oxygen atoms in total. The van der Waals surface area contributed by atoms with Crippen LogP contribution in [0.3, 0.4) is 0 Å². The van der Waals surface area contributed by atoms with Crippen molar-refractivity contribution < 1.29 is 9.21 Å². The molecule has 0 aliphatic carbocycles. The summed E-state index contributed by atoms with van der Waals surface area (Å²) in [6, 6.07) is 7.10. The van der Waals surface area contributed by atoms with E-state index in [1.54, 1.807) is 31.0 Å². The number of nitrogens with zero attached hydrogens (tertiary/aromatic N) is 3. The zero-order valence-corrected chi connectivity index (χ0v) is 12.0. The van der Waals surface area contributed by atoms with Gasteiger partial charge in [-0.25, -0.2) is 0 Å². The second-order valence-corrected chi connectivity index (χ2v) is 4.82. The Labute approximate surface area is 121 Å². The minimum absolute atomic E-state index is 0.156. The lowest BCUT2D eigenvalue weighted by atomic mass is 10.3. The van der Waals surface area contributed by atoms with E-state index in [4.69, 9.17) is 16.0 Å². The fourth-order valence-electron chi connectivity index (χ4n) is 1.69. The molecule has 1 aromatic heterocycles. The molecule has 106 valence electrons. The highest BCUT2D eigenvalue weighted by molar-refractivity contribution is 6.33. The van der Waals surface area contributed by atoms with Crippen molar-refractivity contribution in [3.05, 3.63) is 41.1 Å². The molecule has 0 bridgehead atoms. The number of hydrogen-bond acceptors (Lipinski definition) is 5. The standard InChI is InChI=1S/C13H15ClN4O2/c1-9-16-17-13(20-9)8-18(2)7-12(19)15-11-6-4-3-5-10(11)14/h3-6H,7-8H2,1-2H3,(H,15,19). The number of carbonyl (C=O) groups excluding carboxylic acids is 1. The fourth-order valence-corrected chi connectivity index (χ4v) is 1.87. The van der Waals surface area contributed by atoms with Gasteiger partial charge in [0.25, 0.3) is 0 Å². The first kappa shape index (κ1) is 14.5. The van der Waals surface area contributed by atoms with E-state index in [-0.39, 0.29) is 12.5 Å². The van der Waals surface area contributed by atoms with Gasteiger partial charge in [-0.2, -0.15) is 0 Å². The predicted octanol–water partition coefficient (Wildman–Crippen LogP) is 2.10. The maximum Gasteiger partial charge on any atom is 0.238 e. The van der Waals surface area contributed by atoms with Gasteiger partial charge in [0.05, 0.1) is 23.8 Å². The van der Waals surface area contributed by atoms with Crippen LogP contribution in [0, 0.1) is 6.92 Å². The highest BCUT2D eigenvalue weighted by Gasteiger charge is 2.11. The average molecular weight is 295 g/mol. The van der Waals surface area contributed by atoms with Gasteiger partial charge in [0.2, 0.25) is 17.7 Å². The van der Waals surface area contributed by atoms with Crippen molar-refractivity contribution in [2.24, 2.45) is 0 Å². The highest BCUT2D eigenvalue weighted by atomic mass is 35.5. The first-order valence-corrected chi connectivity index (χ1v) is 6.44. The van der Waals surface area contributed by atoms with Gasteiger partial charge in [0, 0.05) is 6.92 Å². The topological polar surface area (TPSA) is 71.3 Å². The lowest BCUT2D eigenvalue weighted by Gasteiger charge is -2.14. The Bertz CT molecular complexity index is 600. The number of nitrogens with one attached hydrogen (secondary N) is 1. The van der Waals surface area contributed by atoms with Crippen LogP contribution in [0.25, 0.3) is 0 Å². The number of halogens is 1. The van der Waals surface area contributed by atoms with Gasteiger partial charge in [0.15, 0.2) is 0 Å². The molecule has 0 spiro atoms. The van der Waals surface area contributed by atoms with Crippen LogP contribution in [-0.4, -0.2) is 34.6 Å². The third-order valence-corrected chi connectivity index (χ3v) is 2.86. The zero-order valence-electron chi connectivity index (χ0n) is 11.3. The second kappa shape index (κ2) is 6.49. The normalized spacial score (nSPS) is 10.8. The van der Waals surface area contributed by atoms with Crippen molar-refractivity contribution in [2.75, 3.05) is 18.9 Å². The molecule has 0 fully saturated rings. The smallest absolute Gasteiger partial charge is 0.238 e. The number of carbonyl (C=O) groups is 1. The molecule has 2 aromatic rings. The van der Waals surface area contributed by atoms with Gasteiger partial charge in [-0.15, -0.1) is 10.2 Å². The van der Waals surface area contributed by atoms with Crippen LogP contribution in [0.4, 0.5) is 5.69 Å². The summed E-state index contributed by atoms with van der Waals surface area (Å²) in [7, 11) is 1.80. The number of amides is 1. The Morgan fingerprint density at radius 1 is 1.40 bits per heavy atom. The Morgan fingerprint density at radius 2 is 2.15 bits per heavy atom. The third kappa shape index (κ3) is 4.04. The molecule has 0 unspecified atom stereocenters. The van der Waals surface area contributed by atoms with Crippen molar-refractivity contribution in [1.82, 2.24) is 15.1 Å². The van der Waals surface area contributed by atoms with Crippen molar-refractivity contribution >= 4 is 23.2 Å². The Hall–Kier alpha value is -1.92. The van der Waals surface area contributed by atoms with Gasteiger partial charge in [-0.05, 0) is 19.2 Å². The summed E-state index contributed by atoms with van der Waals surface area (Å²) < 4.78 is 5.26. The van der Waals surface area contributed by atoms with E-state index in [1.807, 2.05) is 12.1 Å². The molecule has 2 rings (SSSR count). The van der Waals surface area contributed by atoms with Crippen LogP contribution in [0.2, 0.25) is 5.02 Å². The van der Waals surface area contributed by atoms with E-state index in [0.717, 1.165) is 0 Å². The summed E-state index contributed by atoms with van der Waals surface area (Å²) in [5.74, 6) is 0.835. The number of rotatable bonds is 5. The minimum Gasteiger partial charge on any atom is -0.424 e. The summed E-state index contributed by atoms with van der Waals surface area (Å²) in [5.41, 5.74) is 0.598. The molecule has 0 radical (unpaired) electrons. The Kier molecular flexibility index (Phi) is 4.70. The summed E-state index contributed by atoms with van der Waals surface area (Å²) in [5, 5.41) is 10.9. The van der Waals surface area contributed by atoms with Crippen LogP contribution >= 0.6 is 11.6 Å². The van der Waals surface area contributed by atoms with Gasteiger partial charge in [-0.3, -0.25) is 9.69 Å². The van der Waals surface area contributed by atoms with Crippen molar-refractivity contribution in [1.29, 1.82) is 0 Å². The predicted molar refractivity (Wildman–Crippen MR) is 75.5 cm³/mol. The average Bonchev–Trinajstić information content (AvgIpc) is 2.77. The van der Waals surface area contributed by atoms with E-state index in [2.05, 4.69) is 15.5 Å². The number of aromatic nitrogens is 2. The largest absolute Gasteiger partial charge is 0.424 e. The van der Waals surface area contributed by atoms with E-state index < -0.39 is 0 Å². The minimum atomic E-state index is -0.156. The molecule has 7 heteroatoms. The van der Waals surface area contributed by atoms with Crippen LogP contribution in [0.5, 0.6) is 0 Å². The Balaban J connectivity index is 1.86. The molecule has 0 aliphatic rings. The molecule has 20 heavy (non-hydrogen) atoms. The molecule has 1 N–H and O–H groups in total. The van der Waals surface area contributed by atoms with Gasteiger partial charge < -0.3 is 9.73 Å². The summed E-state index contributed by atoms with van der Waals surface area (Å²) in [4.78, 5) is 13.7. The number of anilines is 1. The number of para-hydroxylation sites is 1. The third-order valence-electron chi connectivity index (χ3n) is 2.53. The molecule has 0 aliphatic heterocycles. The van der Waals surface area contributed by atoms with Crippen molar-refractivity contribution in [3.8, 4) is 0 Å². The molecule has 1 heterocycles. The Morgan fingerprint density at radius 3 is 2.80 bits per heavy atom. The van der Waals surface area contributed by atoms with Crippen molar-refractivity contribution in [2.45, 2.75) is 13.5 Å². The molecule has 0 saturated carbocycles. The number of aryl methyl sites for hydroxylation is 1. The van der Waals surface area contributed by atoms with Crippen molar-refractivity contribution in [3.63, 3.8) is 0 Å². The SMILES string of the molecule is Cc1nnc(CN(C)CC(=O)Nc2ccccc2Cl)o1. The molecular formula is C13H15ClN4O2. The van der Waals surface area contributed by atoms with Crippen LogP contribution in [0.1, 0.15) is 11.8 Å². The van der Waals surface area contributed by atoms with Gasteiger partial charge in [-0.1, -0.05) is 23.7 Å². The van der Waals surface area contributed by atoms with Gasteiger partial charge >= 0.3 is 0 Å². The van der Waals surface area contributed by atoms with E-state index in [9.17, 15) is 4.79 Å². The molecule has 1 amide bonds. The maximum atomic E-state index is 11.9. The van der Waals surface area contributed by atoms with Gasteiger partial charge in [0.1, 0.15) is 0 Å². The lowest BCUT2D eigenvalue weighted by Crippen LogP contribution is -2.30. The second-order valence-electron chi connectivity index (χ2n) is 4.42. The first-order valence-electron chi connectivity index (χ1n) is 6.06. The molecule has 1 aromatic carbocycles. The lowest BCUT2D eigenvalue weighted by molar-refractivity contribution is -0.117. The van der Waals surface area contributed by atoms with Crippen LogP contribution in [0.15, 0.2) is 28.7 Å². The zero-order chi connectivity index (χ0) is 14.5. The highest BCUT2D eigenvalue weighted by Crippen LogP contribution is 2.20. The number of likely N-dealkylation sites (N-methyl/N-ethyl adjacent to an activating group) is 1. The quantitative estimate of drug-likeness (QED) is 0.914. The first-order chi connectivity index (χ1) is 9.54. The van der Waals surface area contributed by atoms with E-state index in [0.29, 0.717) is 29.0 Å². The maximum absolute atomic E-state index is 11.9. The van der Waals surface area contributed by atoms with Crippen LogP contribution < -0.4 is 5.32 Å². The fraction of sp³-hybridized carbons (Fsp3) is 0.308. The van der Waals surface area contributed by atoms with E-state index in [1.165, 1.54) is 0 Å². The van der Waals surface area contributed by atoms with Crippen LogP contribution in [-0.2, 0) is 11.3 Å². The molecular weight excluding hydrogens is 280 g/mol. The molecule has 0 saturated heterocycles. The number of hydrogen-bond donors (Lipinski definition) is 1.